The van der Waals surface area contributed by atoms with Crippen molar-refractivity contribution in [3.8, 4) is 0 Å². The fourth-order valence-electron chi connectivity index (χ4n) is 1.45. The molecule has 0 amide bonds. The van der Waals surface area contributed by atoms with Crippen LogP contribution in [0.2, 0.25) is 0 Å². The van der Waals surface area contributed by atoms with Crippen LogP contribution >= 0.6 is 0 Å². The smallest absolute Gasteiger partial charge is 0.147 e. The summed E-state index contributed by atoms with van der Waals surface area (Å²) in [7, 11) is 0. The van der Waals surface area contributed by atoms with Crippen LogP contribution in [0.5, 0.6) is 0 Å². The fraction of sp³-hybridized carbons (Fsp3) is 0.714. The topological polar surface area (TPSA) is 56.7 Å². The molecule has 1 aromatic rings. The highest BCUT2D eigenvalue weighted by Crippen LogP contribution is 2.10. The molecule has 11 heavy (non-hydrogen) atoms. The number of nitrogens with zero attached hydrogens (tertiary/aromatic N) is 3. The summed E-state index contributed by atoms with van der Waals surface area (Å²) in [5.41, 5.74) is 5.78. The van der Waals surface area contributed by atoms with Crippen molar-refractivity contribution in [2.24, 2.45) is 5.73 Å². The van der Waals surface area contributed by atoms with Crippen LogP contribution in [0.3, 0.4) is 0 Å². The first kappa shape index (κ1) is 6.79. The summed E-state index contributed by atoms with van der Waals surface area (Å²) in [5, 5.41) is 4.24. The molecule has 0 spiro atoms. The van der Waals surface area contributed by atoms with E-state index >= 15 is 0 Å². The molecule has 2 heterocycles. The molecule has 0 radical (unpaired) electrons. The van der Waals surface area contributed by atoms with Gasteiger partial charge in [0.15, 0.2) is 0 Å². The van der Waals surface area contributed by atoms with Gasteiger partial charge in [-0.3, -0.25) is 0 Å². The van der Waals surface area contributed by atoms with Gasteiger partial charge in [0.2, 0.25) is 0 Å². The van der Waals surface area contributed by atoms with E-state index in [1.54, 1.807) is 0 Å². The molecule has 1 aliphatic rings. The molecule has 2 rings (SSSR count). The maximum absolute atomic E-state index is 5.78. The lowest BCUT2D eigenvalue weighted by molar-refractivity contribution is 0.432. The fourth-order valence-corrected chi connectivity index (χ4v) is 1.45. The first-order chi connectivity index (χ1) is 5.25. The summed E-state index contributed by atoms with van der Waals surface area (Å²) in [5.74, 6) is 1.90. The summed E-state index contributed by atoms with van der Waals surface area (Å²) < 4.78 is 1.96. The molecule has 4 nitrogen and oxygen atoms in total. The summed E-state index contributed by atoms with van der Waals surface area (Å²) in [4.78, 5) is 4.27. The molecule has 0 bridgehead atoms. The van der Waals surface area contributed by atoms with E-state index in [2.05, 4.69) is 10.1 Å². The van der Waals surface area contributed by atoms with Crippen LogP contribution in [-0.2, 0) is 13.0 Å². The molecule has 1 unspecified atom stereocenters. The summed E-state index contributed by atoms with van der Waals surface area (Å²) in [6.45, 7) is 2.84. The molecule has 2 N–H and O–H groups in total. The Morgan fingerprint density at radius 1 is 1.64 bits per heavy atom. The minimum atomic E-state index is 0.283. The molecule has 60 valence electrons. The van der Waals surface area contributed by atoms with Gasteiger partial charge in [-0.15, -0.1) is 0 Å². The monoisotopic (exact) mass is 152 g/mol. The van der Waals surface area contributed by atoms with Crippen molar-refractivity contribution in [1.82, 2.24) is 14.8 Å². The van der Waals surface area contributed by atoms with Crippen LogP contribution in [0.15, 0.2) is 0 Å². The highest BCUT2D eigenvalue weighted by atomic mass is 15.3. The van der Waals surface area contributed by atoms with E-state index in [0.29, 0.717) is 0 Å². The molecule has 0 saturated carbocycles. The van der Waals surface area contributed by atoms with Crippen molar-refractivity contribution in [2.45, 2.75) is 32.4 Å². The predicted octanol–water partition coefficient (Wildman–Crippen LogP) is -0.140. The van der Waals surface area contributed by atoms with Crippen molar-refractivity contribution in [3.05, 3.63) is 11.6 Å². The lowest BCUT2D eigenvalue weighted by Gasteiger charge is -2.17. The molecule has 1 aliphatic heterocycles. The molecule has 1 aromatic heterocycles. The molecule has 0 aromatic carbocycles. The number of nitrogens with two attached hydrogens (primary N) is 1. The molecular weight excluding hydrogens is 140 g/mol. The van der Waals surface area contributed by atoms with Gasteiger partial charge in [-0.05, 0) is 13.3 Å². The van der Waals surface area contributed by atoms with Gasteiger partial charge in [-0.2, -0.15) is 5.10 Å². The Labute approximate surface area is 65.4 Å². The summed E-state index contributed by atoms with van der Waals surface area (Å²) in [6, 6.07) is 0.283. The highest BCUT2D eigenvalue weighted by molar-refractivity contribution is 4.97. The Hall–Kier alpha value is -0.900. The third-order valence-electron chi connectivity index (χ3n) is 2.01. The minimum absolute atomic E-state index is 0.283. The van der Waals surface area contributed by atoms with Gasteiger partial charge >= 0.3 is 0 Å². The van der Waals surface area contributed by atoms with E-state index in [-0.39, 0.29) is 6.04 Å². The summed E-state index contributed by atoms with van der Waals surface area (Å²) >= 11 is 0. The van der Waals surface area contributed by atoms with E-state index < -0.39 is 0 Å². The van der Waals surface area contributed by atoms with Crippen LogP contribution < -0.4 is 5.73 Å². The third-order valence-corrected chi connectivity index (χ3v) is 2.01. The quantitative estimate of drug-likeness (QED) is 0.563. The SMILES string of the molecule is Cc1nc2n(n1)CCC(N)C2. The summed E-state index contributed by atoms with van der Waals surface area (Å²) in [6.07, 6.45) is 1.90. The highest BCUT2D eigenvalue weighted by Gasteiger charge is 2.17. The number of hydrogen-bond acceptors (Lipinski definition) is 3. The number of rotatable bonds is 0. The van der Waals surface area contributed by atoms with Gasteiger partial charge in [-0.1, -0.05) is 0 Å². The van der Waals surface area contributed by atoms with Crippen LogP contribution in [0.1, 0.15) is 18.1 Å². The molecule has 0 saturated heterocycles. The van der Waals surface area contributed by atoms with Gasteiger partial charge in [0, 0.05) is 19.0 Å². The van der Waals surface area contributed by atoms with E-state index in [9.17, 15) is 0 Å². The van der Waals surface area contributed by atoms with Crippen molar-refractivity contribution < 1.29 is 0 Å². The minimum Gasteiger partial charge on any atom is -0.327 e. The number of fused-ring (bicyclic) bond motifs is 1. The maximum atomic E-state index is 5.78. The molecular formula is C7H12N4. The van der Waals surface area contributed by atoms with E-state index in [0.717, 1.165) is 31.0 Å². The van der Waals surface area contributed by atoms with Gasteiger partial charge in [0.1, 0.15) is 11.6 Å². The van der Waals surface area contributed by atoms with E-state index in [1.807, 2.05) is 11.6 Å². The van der Waals surface area contributed by atoms with Gasteiger partial charge < -0.3 is 5.73 Å². The van der Waals surface area contributed by atoms with Gasteiger partial charge in [0.25, 0.3) is 0 Å². The van der Waals surface area contributed by atoms with E-state index in [4.69, 9.17) is 5.73 Å². The Morgan fingerprint density at radius 3 is 3.27 bits per heavy atom. The van der Waals surface area contributed by atoms with Crippen molar-refractivity contribution in [1.29, 1.82) is 0 Å². The normalized spacial score (nSPS) is 23.3. The first-order valence-electron chi connectivity index (χ1n) is 3.91. The lowest BCUT2D eigenvalue weighted by atomic mass is 10.1. The van der Waals surface area contributed by atoms with Crippen LogP contribution in [-0.4, -0.2) is 20.8 Å². The molecule has 4 heteroatoms. The number of aryl methyl sites for hydroxylation is 2. The average molecular weight is 152 g/mol. The lowest BCUT2D eigenvalue weighted by Crippen LogP contribution is -2.31. The zero-order valence-corrected chi connectivity index (χ0v) is 6.62. The Balaban J connectivity index is 2.34. The second-order valence-corrected chi connectivity index (χ2v) is 3.05. The van der Waals surface area contributed by atoms with Gasteiger partial charge in [-0.25, -0.2) is 9.67 Å². The van der Waals surface area contributed by atoms with Crippen LogP contribution in [0.4, 0.5) is 0 Å². The molecule has 0 fully saturated rings. The average Bonchev–Trinajstić information content (AvgIpc) is 2.27. The van der Waals surface area contributed by atoms with E-state index in [1.165, 1.54) is 0 Å². The Kier molecular flexibility index (Phi) is 1.42. The van der Waals surface area contributed by atoms with Crippen molar-refractivity contribution in [2.75, 3.05) is 0 Å². The Bertz CT molecular complexity index is 265. The predicted molar refractivity (Wildman–Crippen MR) is 41.1 cm³/mol. The number of hydrogen-bond donors (Lipinski definition) is 1. The van der Waals surface area contributed by atoms with Gasteiger partial charge in [0.05, 0.1) is 0 Å². The second kappa shape index (κ2) is 2.30. The number of aromatic nitrogens is 3. The molecule has 1 atom stereocenters. The Morgan fingerprint density at radius 2 is 2.45 bits per heavy atom. The van der Waals surface area contributed by atoms with Crippen molar-refractivity contribution in [3.63, 3.8) is 0 Å². The third kappa shape index (κ3) is 1.14. The largest absolute Gasteiger partial charge is 0.327 e. The first-order valence-corrected chi connectivity index (χ1v) is 3.91. The van der Waals surface area contributed by atoms with Crippen LogP contribution in [0.25, 0.3) is 0 Å². The molecule has 0 aliphatic carbocycles. The van der Waals surface area contributed by atoms with Crippen LogP contribution in [0, 0.1) is 6.92 Å². The zero-order chi connectivity index (χ0) is 7.84. The second-order valence-electron chi connectivity index (χ2n) is 3.05. The maximum Gasteiger partial charge on any atom is 0.147 e. The standard InChI is InChI=1S/C7H12N4/c1-5-9-7-4-6(8)2-3-11(7)10-5/h6H,2-4,8H2,1H3. The van der Waals surface area contributed by atoms with Crippen molar-refractivity contribution >= 4 is 0 Å². The zero-order valence-electron chi connectivity index (χ0n) is 6.62.